The molecule has 0 spiro atoms. The maximum Gasteiger partial charge on any atom is 0.224 e. The topological polar surface area (TPSA) is 58.4 Å². The van der Waals surface area contributed by atoms with Crippen molar-refractivity contribution in [2.75, 3.05) is 24.3 Å². The summed E-state index contributed by atoms with van der Waals surface area (Å²) in [6.07, 6.45) is 1.03. The van der Waals surface area contributed by atoms with Gasteiger partial charge in [0.05, 0.1) is 16.4 Å². The zero-order chi connectivity index (χ0) is 14.6. The molecule has 0 saturated carbocycles. The molecular weight excluding hydrogens is 262 g/mol. The molecule has 4 nitrogen and oxygen atoms in total. The van der Waals surface area contributed by atoms with Gasteiger partial charge >= 0.3 is 0 Å². The number of rotatable bonds is 5. The van der Waals surface area contributed by atoms with Crippen LogP contribution in [0.25, 0.3) is 0 Å². The van der Waals surface area contributed by atoms with E-state index < -0.39 is 0 Å². The number of hydrogen-bond acceptors (Lipinski definition) is 3. The molecule has 3 N–H and O–H groups in total. The van der Waals surface area contributed by atoms with Crippen LogP contribution in [0.2, 0.25) is 5.02 Å². The molecule has 0 unspecified atom stereocenters. The van der Waals surface area contributed by atoms with Gasteiger partial charge in [-0.2, -0.15) is 0 Å². The van der Waals surface area contributed by atoms with E-state index in [9.17, 15) is 4.79 Å². The summed E-state index contributed by atoms with van der Waals surface area (Å²) in [4.78, 5) is 13.8. The minimum Gasteiger partial charge on any atom is -0.375 e. The van der Waals surface area contributed by atoms with Crippen molar-refractivity contribution in [3.63, 3.8) is 0 Å². The molecule has 0 aliphatic heterocycles. The fourth-order valence-corrected chi connectivity index (χ4v) is 2.06. The molecule has 0 aromatic heterocycles. The van der Waals surface area contributed by atoms with E-state index in [1.165, 1.54) is 0 Å². The van der Waals surface area contributed by atoms with Crippen molar-refractivity contribution in [1.29, 1.82) is 0 Å². The molecule has 0 heterocycles. The molecule has 0 atom stereocenters. The summed E-state index contributed by atoms with van der Waals surface area (Å²) in [6, 6.07) is 5.46. The molecule has 1 rings (SSSR count). The molecule has 19 heavy (non-hydrogen) atoms. The van der Waals surface area contributed by atoms with E-state index in [-0.39, 0.29) is 11.4 Å². The zero-order valence-electron chi connectivity index (χ0n) is 12.0. The number of carbonyl (C=O) groups excluding carboxylic acids is 1. The average Bonchev–Trinajstić information content (AvgIpc) is 2.25. The highest BCUT2D eigenvalue weighted by molar-refractivity contribution is 6.34. The molecule has 1 amide bonds. The van der Waals surface area contributed by atoms with Gasteiger partial charge in [-0.3, -0.25) is 4.79 Å². The predicted molar refractivity (Wildman–Crippen MR) is 81.9 cm³/mol. The molecule has 1 aromatic rings. The van der Waals surface area contributed by atoms with Gasteiger partial charge in [0.25, 0.3) is 0 Å². The molecule has 0 radical (unpaired) electrons. The lowest BCUT2D eigenvalue weighted by atomic mass is 10.00. The normalized spacial score (nSPS) is 11.3. The van der Waals surface area contributed by atoms with E-state index in [0.29, 0.717) is 17.9 Å². The third-order valence-corrected chi connectivity index (χ3v) is 3.01. The van der Waals surface area contributed by atoms with Crippen LogP contribution in [0.3, 0.4) is 0 Å². The van der Waals surface area contributed by atoms with Crippen molar-refractivity contribution in [2.45, 2.75) is 32.2 Å². The van der Waals surface area contributed by atoms with Crippen LogP contribution >= 0.6 is 11.6 Å². The van der Waals surface area contributed by atoms with Crippen LogP contribution in [-0.4, -0.2) is 25.5 Å². The second-order valence-electron chi connectivity index (χ2n) is 5.57. The number of nitrogens with two attached hydrogens (primary N) is 1. The van der Waals surface area contributed by atoms with Gasteiger partial charge in [0.2, 0.25) is 5.91 Å². The average molecular weight is 284 g/mol. The van der Waals surface area contributed by atoms with Crippen molar-refractivity contribution in [3.05, 3.63) is 23.2 Å². The van der Waals surface area contributed by atoms with E-state index in [1.807, 2.05) is 45.0 Å². The number of amides is 1. The Kier molecular flexibility index (Phi) is 5.20. The van der Waals surface area contributed by atoms with Gasteiger partial charge in [0.15, 0.2) is 0 Å². The van der Waals surface area contributed by atoms with Crippen LogP contribution in [0.1, 0.15) is 26.7 Å². The summed E-state index contributed by atoms with van der Waals surface area (Å²) < 4.78 is 0. The first kappa shape index (κ1) is 15.8. The summed E-state index contributed by atoms with van der Waals surface area (Å²) in [6.45, 7) is 3.82. The van der Waals surface area contributed by atoms with E-state index in [0.717, 1.165) is 11.4 Å². The Morgan fingerprint density at radius 3 is 2.58 bits per heavy atom. The summed E-state index contributed by atoms with van der Waals surface area (Å²) in [5.41, 5.74) is 7.06. The smallest absolute Gasteiger partial charge is 0.224 e. The first-order valence-electron chi connectivity index (χ1n) is 6.25. The van der Waals surface area contributed by atoms with Gasteiger partial charge in [-0.25, -0.2) is 0 Å². The summed E-state index contributed by atoms with van der Waals surface area (Å²) in [5.74, 6) is -0.0520. The minimum absolute atomic E-state index is 0.0520. The quantitative estimate of drug-likeness (QED) is 0.874. The highest BCUT2D eigenvalue weighted by atomic mass is 35.5. The van der Waals surface area contributed by atoms with Crippen molar-refractivity contribution >= 4 is 28.9 Å². The van der Waals surface area contributed by atoms with Crippen LogP contribution in [0.4, 0.5) is 11.4 Å². The Morgan fingerprint density at radius 2 is 2.05 bits per heavy atom. The third-order valence-electron chi connectivity index (χ3n) is 2.70. The van der Waals surface area contributed by atoms with Crippen LogP contribution < -0.4 is 16.0 Å². The molecule has 1 aromatic carbocycles. The number of anilines is 2. The summed E-state index contributed by atoms with van der Waals surface area (Å²) >= 11 is 6.14. The number of benzene rings is 1. The second-order valence-corrected chi connectivity index (χ2v) is 5.97. The maximum atomic E-state index is 11.9. The Balaban J connectivity index is 2.77. The van der Waals surface area contributed by atoms with Crippen molar-refractivity contribution in [3.8, 4) is 0 Å². The fourth-order valence-electron chi connectivity index (χ4n) is 1.72. The number of halogens is 1. The van der Waals surface area contributed by atoms with Gasteiger partial charge < -0.3 is 16.0 Å². The first-order chi connectivity index (χ1) is 8.70. The van der Waals surface area contributed by atoms with Crippen LogP contribution in [0.5, 0.6) is 0 Å². The molecule has 0 fully saturated rings. The molecular formula is C14H22ClN3O. The van der Waals surface area contributed by atoms with E-state index in [4.69, 9.17) is 17.3 Å². The van der Waals surface area contributed by atoms with Gasteiger partial charge in [-0.05, 0) is 32.4 Å². The SMILES string of the molecule is CN(C)c1c(Cl)cccc1NC(=O)CCC(C)(C)N. The lowest BCUT2D eigenvalue weighted by Gasteiger charge is -2.21. The third kappa shape index (κ3) is 5.09. The Morgan fingerprint density at radius 1 is 1.42 bits per heavy atom. The first-order valence-corrected chi connectivity index (χ1v) is 6.63. The van der Waals surface area contributed by atoms with Crippen molar-refractivity contribution < 1.29 is 4.79 Å². The number of hydrogen-bond donors (Lipinski definition) is 2. The van der Waals surface area contributed by atoms with Gasteiger partial charge in [0.1, 0.15) is 0 Å². The molecule has 106 valence electrons. The highest BCUT2D eigenvalue weighted by Gasteiger charge is 2.15. The lowest BCUT2D eigenvalue weighted by Crippen LogP contribution is -2.33. The van der Waals surface area contributed by atoms with Gasteiger partial charge in [0, 0.05) is 26.1 Å². The van der Waals surface area contributed by atoms with Gasteiger partial charge in [-0.15, -0.1) is 0 Å². The van der Waals surface area contributed by atoms with E-state index in [2.05, 4.69) is 5.32 Å². The number of nitrogens with one attached hydrogen (secondary N) is 1. The molecule has 0 aliphatic carbocycles. The molecule has 0 aliphatic rings. The van der Waals surface area contributed by atoms with Crippen molar-refractivity contribution in [1.82, 2.24) is 0 Å². The zero-order valence-corrected chi connectivity index (χ0v) is 12.7. The van der Waals surface area contributed by atoms with Crippen LogP contribution in [0, 0.1) is 0 Å². The van der Waals surface area contributed by atoms with Crippen molar-refractivity contribution in [2.24, 2.45) is 5.73 Å². The largest absolute Gasteiger partial charge is 0.375 e. The standard InChI is InChI=1S/C14H22ClN3O/c1-14(2,16)9-8-12(19)17-11-7-5-6-10(15)13(11)18(3)4/h5-7H,8-9,16H2,1-4H3,(H,17,19). The highest BCUT2D eigenvalue weighted by Crippen LogP contribution is 2.32. The predicted octanol–water partition coefficient (Wildman–Crippen LogP) is 2.86. The van der Waals surface area contributed by atoms with Crippen LogP contribution in [0.15, 0.2) is 18.2 Å². The maximum absolute atomic E-state index is 11.9. The molecule has 0 saturated heterocycles. The Labute approximate surface area is 119 Å². The fraction of sp³-hybridized carbons (Fsp3) is 0.500. The van der Waals surface area contributed by atoms with Gasteiger partial charge in [-0.1, -0.05) is 17.7 Å². The molecule has 5 heteroatoms. The minimum atomic E-state index is -0.337. The summed E-state index contributed by atoms with van der Waals surface area (Å²) in [5, 5.41) is 3.50. The number of para-hydroxylation sites is 1. The second kappa shape index (κ2) is 6.26. The van der Waals surface area contributed by atoms with E-state index >= 15 is 0 Å². The van der Waals surface area contributed by atoms with E-state index in [1.54, 1.807) is 6.07 Å². The summed E-state index contributed by atoms with van der Waals surface area (Å²) in [7, 11) is 3.78. The lowest BCUT2D eigenvalue weighted by molar-refractivity contribution is -0.116. The monoisotopic (exact) mass is 283 g/mol. The number of carbonyl (C=O) groups is 1. The molecule has 0 bridgehead atoms. The Bertz CT molecular complexity index is 452. The Hall–Kier alpha value is -1.26. The number of nitrogens with zero attached hydrogens (tertiary/aromatic N) is 1. The van der Waals surface area contributed by atoms with Crippen LogP contribution in [-0.2, 0) is 4.79 Å².